The van der Waals surface area contributed by atoms with Gasteiger partial charge in [0.15, 0.2) is 0 Å². The molecule has 1 unspecified atom stereocenters. The predicted molar refractivity (Wildman–Crippen MR) is 82.5 cm³/mol. The summed E-state index contributed by atoms with van der Waals surface area (Å²) in [5, 5.41) is 10.2. The zero-order valence-corrected chi connectivity index (χ0v) is 14.5. The number of hydrogen-bond acceptors (Lipinski definition) is 2. The molecule has 96 valence electrons. The van der Waals surface area contributed by atoms with Crippen LogP contribution in [-0.2, 0) is 6.42 Å². The lowest BCUT2D eigenvalue weighted by Gasteiger charge is -2.10. The molecule has 1 heterocycles. The Hall–Kier alpha value is 0.250. The smallest absolute Gasteiger partial charge is 0.137 e. The maximum Gasteiger partial charge on any atom is 0.137 e. The second-order valence-corrected chi connectivity index (χ2v) is 7.75. The highest BCUT2D eigenvalue weighted by molar-refractivity contribution is 9.13. The van der Waals surface area contributed by atoms with Gasteiger partial charge in [-0.2, -0.15) is 0 Å². The van der Waals surface area contributed by atoms with E-state index in [1.54, 1.807) is 12.1 Å². The molecule has 18 heavy (non-hydrogen) atoms. The van der Waals surface area contributed by atoms with Crippen molar-refractivity contribution in [1.82, 2.24) is 0 Å². The second kappa shape index (κ2) is 6.13. The molecular formula is C12H8Br3FOS. The van der Waals surface area contributed by atoms with Crippen molar-refractivity contribution in [2.75, 3.05) is 0 Å². The van der Waals surface area contributed by atoms with Crippen molar-refractivity contribution in [2.24, 2.45) is 0 Å². The van der Waals surface area contributed by atoms with Crippen LogP contribution in [0.1, 0.15) is 16.5 Å². The average Bonchev–Trinajstić information content (AvgIpc) is 2.66. The fraction of sp³-hybridized carbons (Fsp3) is 0.167. The molecule has 2 rings (SSSR count). The minimum atomic E-state index is -0.643. The molecule has 1 aromatic carbocycles. The summed E-state index contributed by atoms with van der Waals surface area (Å²) < 4.78 is 15.6. The van der Waals surface area contributed by atoms with E-state index in [0.717, 1.165) is 18.7 Å². The Morgan fingerprint density at radius 1 is 1.28 bits per heavy atom. The van der Waals surface area contributed by atoms with E-state index in [2.05, 4.69) is 47.8 Å². The molecule has 0 saturated heterocycles. The van der Waals surface area contributed by atoms with Gasteiger partial charge in [-0.1, -0.05) is 12.1 Å². The van der Waals surface area contributed by atoms with Crippen LogP contribution in [0.2, 0.25) is 0 Å². The fourth-order valence-electron chi connectivity index (χ4n) is 1.54. The van der Waals surface area contributed by atoms with Gasteiger partial charge < -0.3 is 5.11 Å². The standard InChI is InChI=1S/C12H8Br3FOS/c13-7-5-10(18-12(7)15)9(17)4-6-2-1-3-8(16)11(6)14/h1-3,5,9,17H,4H2. The van der Waals surface area contributed by atoms with E-state index in [4.69, 9.17) is 0 Å². The summed E-state index contributed by atoms with van der Waals surface area (Å²) in [6.45, 7) is 0. The SMILES string of the molecule is OC(Cc1cccc(F)c1Br)c1cc(Br)c(Br)s1. The average molecular weight is 459 g/mol. The number of thiophene rings is 1. The van der Waals surface area contributed by atoms with E-state index >= 15 is 0 Å². The number of hydrogen-bond donors (Lipinski definition) is 1. The first-order chi connectivity index (χ1) is 8.49. The molecule has 2 aromatic rings. The van der Waals surface area contributed by atoms with Crippen LogP contribution in [0.4, 0.5) is 4.39 Å². The number of benzene rings is 1. The Labute approximate surface area is 133 Å². The number of aliphatic hydroxyl groups is 1. The molecule has 0 aliphatic carbocycles. The summed E-state index contributed by atoms with van der Waals surface area (Å²) >= 11 is 11.4. The second-order valence-electron chi connectivity index (χ2n) is 3.70. The van der Waals surface area contributed by atoms with Gasteiger partial charge in [-0.25, -0.2) is 4.39 Å². The van der Waals surface area contributed by atoms with Crippen LogP contribution in [0.15, 0.2) is 37.0 Å². The van der Waals surface area contributed by atoms with Crippen LogP contribution in [0, 0.1) is 5.82 Å². The third-order valence-corrected chi connectivity index (χ3v) is 6.68. The van der Waals surface area contributed by atoms with Gasteiger partial charge in [0, 0.05) is 15.8 Å². The van der Waals surface area contributed by atoms with Gasteiger partial charge in [0.2, 0.25) is 0 Å². The Balaban J connectivity index is 2.21. The molecular weight excluding hydrogens is 451 g/mol. The van der Waals surface area contributed by atoms with Gasteiger partial charge in [-0.3, -0.25) is 0 Å². The Morgan fingerprint density at radius 2 is 2.00 bits per heavy atom. The van der Waals surface area contributed by atoms with Crippen LogP contribution < -0.4 is 0 Å². The van der Waals surface area contributed by atoms with E-state index in [1.165, 1.54) is 17.4 Å². The van der Waals surface area contributed by atoms with Crippen LogP contribution >= 0.6 is 59.1 Å². The van der Waals surface area contributed by atoms with E-state index in [0.29, 0.717) is 10.9 Å². The van der Waals surface area contributed by atoms with Gasteiger partial charge in [0.05, 0.1) is 14.4 Å². The molecule has 0 bridgehead atoms. The maximum absolute atomic E-state index is 13.4. The molecule has 6 heteroatoms. The Kier molecular flexibility index (Phi) is 4.99. The van der Waals surface area contributed by atoms with Crippen molar-refractivity contribution in [3.05, 3.63) is 53.3 Å². The number of rotatable bonds is 3. The van der Waals surface area contributed by atoms with Crippen molar-refractivity contribution in [2.45, 2.75) is 12.5 Å². The van der Waals surface area contributed by atoms with Crippen molar-refractivity contribution >= 4 is 59.1 Å². The van der Waals surface area contributed by atoms with Crippen molar-refractivity contribution in [3.8, 4) is 0 Å². The first-order valence-electron chi connectivity index (χ1n) is 5.04. The Bertz CT molecular complexity index is 551. The van der Waals surface area contributed by atoms with Crippen molar-refractivity contribution in [3.63, 3.8) is 0 Å². The Morgan fingerprint density at radius 3 is 2.61 bits per heavy atom. The molecule has 0 amide bonds. The molecule has 0 aliphatic heterocycles. The van der Waals surface area contributed by atoms with Gasteiger partial charge in [0.1, 0.15) is 5.82 Å². The molecule has 1 atom stereocenters. The lowest BCUT2D eigenvalue weighted by molar-refractivity contribution is 0.182. The van der Waals surface area contributed by atoms with Gasteiger partial charge in [-0.05, 0) is 65.5 Å². The van der Waals surface area contributed by atoms with Gasteiger partial charge in [0.25, 0.3) is 0 Å². The quantitative estimate of drug-likeness (QED) is 0.648. The maximum atomic E-state index is 13.4. The largest absolute Gasteiger partial charge is 0.387 e. The normalized spacial score (nSPS) is 12.7. The molecule has 0 saturated carbocycles. The predicted octanol–water partition coefficient (Wildman–Crippen LogP) is 5.45. The molecule has 0 aliphatic rings. The van der Waals surface area contributed by atoms with Crippen LogP contribution in [0.3, 0.4) is 0 Å². The number of halogens is 4. The van der Waals surface area contributed by atoms with E-state index in [-0.39, 0.29) is 5.82 Å². The topological polar surface area (TPSA) is 20.2 Å². The van der Waals surface area contributed by atoms with Crippen LogP contribution in [-0.4, -0.2) is 5.11 Å². The zero-order chi connectivity index (χ0) is 13.3. The highest BCUT2D eigenvalue weighted by Crippen LogP contribution is 2.37. The van der Waals surface area contributed by atoms with Crippen LogP contribution in [0.5, 0.6) is 0 Å². The van der Waals surface area contributed by atoms with E-state index in [1.807, 2.05) is 6.07 Å². The fourth-order valence-corrected chi connectivity index (χ4v) is 4.04. The minimum Gasteiger partial charge on any atom is -0.387 e. The first-order valence-corrected chi connectivity index (χ1v) is 8.24. The van der Waals surface area contributed by atoms with E-state index in [9.17, 15) is 9.50 Å². The first kappa shape index (κ1) is 14.7. The molecule has 1 N–H and O–H groups in total. The summed E-state index contributed by atoms with van der Waals surface area (Å²) in [7, 11) is 0. The van der Waals surface area contributed by atoms with Gasteiger partial charge in [-0.15, -0.1) is 11.3 Å². The highest BCUT2D eigenvalue weighted by Gasteiger charge is 2.16. The zero-order valence-electron chi connectivity index (χ0n) is 8.96. The molecule has 1 nitrogen and oxygen atoms in total. The highest BCUT2D eigenvalue weighted by atomic mass is 79.9. The third kappa shape index (κ3) is 3.22. The lowest BCUT2D eigenvalue weighted by Crippen LogP contribution is -2.01. The minimum absolute atomic E-state index is 0.312. The van der Waals surface area contributed by atoms with E-state index < -0.39 is 6.10 Å². The molecule has 0 radical (unpaired) electrons. The summed E-state index contributed by atoms with van der Waals surface area (Å²) in [4.78, 5) is 0.838. The summed E-state index contributed by atoms with van der Waals surface area (Å²) in [6, 6.07) is 6.70. The monoisotopic (exact) mass is 456 g/mol. The summed E-state index contributed by atoms with van der Waals surface area (Å²) in [5.74, 6) is -0.312. The number of aliphatic hydroxyl groups excluding tert-OH is 1. The van der Waals surface area contributed by atoms with Crippen molar-refractivity contribution in [1.29, 1.82) is 0 Å². The third-order valence-electron chi connectivity index (χ3n) is 2.44. The summed E-state index contributed by atoms with van der Waals surface area (Å²) in [6.07, 6.45) is -0.270. The van der Waals surface area contributed by atoms with Crippen LogP contribution in [0.25, 0.3) is 0 Å². The molecule has 1 aromatic heterocycles. The molecule has 0 spiro atoms. The van der Waals surface area contributed by atoms with Gasteiger partial charge >= 0.3 is 0 Å². The van der Waals surface area contributed by atoms with Crippen molar-refractivity contribution < 1.29 is 9.50 Å². The lowest BCUT2D eigenvalue weighted by atomic mass is 10.1. The molecule has 0 fully saturated rings. The summed E-state index contributed by atoms with van der Waals surface area (Å²) in [5.41, 5.74) is 0.753.